The molecule has 3 nitrogen and oxygen atoms in total. The van der Waals surface area contributed by atoms with Gasteiger partial charge in [0.1, 0.15) is 0 Å². The lowest BCUT2D eigenvalue weighted by molar-refractivity contribution is 0.163. The number of nitrogens with zero attached hydrogens (tertiary/aromatic N) is 1. The van der Waals surface area contributed by atoms with Crippen LogP contribution >= 0.6 is 0 Å². The highest BCUT2D eigenvalue weighted by molar-refractivity contribution is 4.55. The topological polar surface area (TPSA) is 43.7 Å². The summed E-state index contributed by atoms with van der Waals surface area (Å²) in [6.45, 7) is 4.14. The standard InChI is InChI=1S/C10H23NO2/c1-10(13)6-8-11(2)7-4-3-5-9-12/h10,12-13H,3-9H2,1-2H3. The highest BCUT2D eigenvalue weighted by atomic mass is 16.3. The van der Waals surface area contributed by atoms with Crippen LogP contribution in [-0.2, 0) is 0 Å². The van der Waals surface area contributed by atoms with Gasteiger partial charge in [0, 0.05) is 13.2 Å². The first-order valence-electron chi connectivity index (χ1n) is 5.14. The molecule has 2 N–H and O–H groups in total. The van der Waals surface area contributed by atoms with Crippen molar-refractivity contribution >= 4 is 0 Å². The predicted molar refractivity (Wildman–Crippen MR) is 54.7 cm³/mol. The van der Waals surface area contributed by atoms with Crippen LogP contribution in [0.1, 0.15) is 32.6 Å². The largest absolute Gasteiger partial charge is 0.396 e. The molecule has 0 saturated heterocycles. The summed E-state index contributed by atoms with van der Waals surface area (Å²) >= 11 is 0. The molecule has 1 atom stereocenters. The van der Waals surface area contributed by atoms with Crippen LogP contribution in [-0.4, -0.2) is 48.0 Å². The summed E-state index contributed by atoms with van der Waals surface area (Å²) in [5, 5.41) is 17.6. The van der Waals surface area contributed by atoms with Gasteiger partial charge in [0.2, 0.25) is 0 Å². The summed E-state index contributed by atoms with van der Waals surface area (Å²) in [5.41, 5.74) is 0. The van der Waals surface area contributed by atoms with Crippen molar-refractivity contribution in [3.05, 3.63) is 0 Å². The van der Waals surface area contributed by atoms with E-state index in [-0.39, 0.29) is 6.10 Å². The van der Waals surface area contributed by atoms with Crippen molar-refractivity contribution in [2.75, 3.05) is 26.7 Å². The summed E-state index contributed by atoms with van der Waals surface area (Å²) in [5.74, 6) is 0. The summed E-state index contributed by atoms with van der Waals surface area (Å²) < 4.78 is 0. The number of hydrogen-bond acceptors (Lipinski definition) is 3. The van der Waals surface area contributed by atoms with Crippen LogP contribution in [0.4, 0.5) is 0 Å². The molecule has 80 valence electrons. The Morgan fingerprint density at radius 2 is 1.85 bits per heavy atom. The first kappa shape index (κ1) is 12.9. The molecule has 0 bridgehead atoms. The average molecular weight is 189 g/mol. The Balaban J connectivity index is 3.15. The van der Waals surface area contributed by atoms with E-state index >= 15 is 0 Å². The molecule has 0 saturated carbocycles. The maximum atomic E-state index is 9.05. The number of rotatable bonds is 8. The third-order valence-corrected chi connectivity index (χ3v) is 2.13. The van der Waals surface area contributed by atoms with Crippen molar-refractivity contribution in [3.63, 3.8) is 0 Å². The fourth-order valence-electron chi connectivity index (χ4n) is 1.19. The van der Waals surface area contributed by atoms with Gasteiger partial charge < -0.3 is 15.1 Å². The van der Waals surface area contributed by atoms with Gasteiger partial charge in [-0.25, -0.2) is 0 Å². The molecule has 3 heteroatoms. The molecule has 0 heterocycles. The molecule has 0 amide bonds. The zero-order chi connectivity index (χ0) is 10.1. The smallest absolute Gasteiger partial charge is 0.0524 e. The van der Waals surface area contributed by atoms with Crippen LogP contribution in [0.15, 0.2) is 0 Å². The molecule has 13 heavy (non-hydrogen) atoms. The van der Waals surface area contributed by atoms with Crippen LogP contribution in [0, 0.1) is 0 Å². The van der Waals surface area contributed by atoms with Gasteiger partial charge in [0.15, 0.2) is 0 Å². The zero-order valence-corrected chi connectivity index (χ0v) is 8.87. The van der Waals surface area contributed by atoms with Crippen molar-refractivity contribution in [3.8, 4) is 0 Å². The third-order valence-electron chi connectivity index (χ3n) is 2.13. The molecule has 0 radical (unpaired) electrons. The highest BCUT2D eigenvalue weighted by Crippen LogP contribution is 1.98. The first-order chi connectivity index (χ1) is 6.16. The summed E-state index contributed by atoms with van der Waals surface area (Å²) in [6.07, 6.45) is 3.78. The van der Waals surface area contributed by atoms with Crippen LogP contribution in [0.2, 0.25) is 0 Å². The molecule has 0 rings (SSSR count). The second kappa shape index (κ2) is 8.48. The Morgan fingerprint density at radius 1 is 1.15 bits per heavy atom. The molecule has 0 aromatic rings. The van der Waals surface area contributed by atoms with E-state index in [2.05, 4.69) is 11.9 Å². The molecule has 0 aliphatic carbocycles. The van der Waals surface area contributed by atoms with Crippen molar-refractivity contribution in [2.45, 2.75) is 38.7 Å². The molecular weight excluding hydrogens is 166 g/mol. The van der Waals surface area contributed by atoms with Gasteiger partial charge in [-0.05, 0) is 46.2 Å². The second-order valence-electron chi connectivity index (χ2n) is 3.73. The SMILES string of the molecule is CC(O)CCN(C)CCCCCO. The fourth-order valence-corrected chi connectivity index (χ4v) is 1.19. The number of aliphatic hydroxyl groups excluding tert-OH is 2. The quantitative estimate of drug-likeness (QED) is 0.556. The molecule has 0 aliphatic heterocycles. The van der Waals surface area contributed by atoms with E-state index in [9.17, 15) is 0 Å². The molecule has 0 aromatic heterocycles. The van der Waals surface area contributed by atoms with Crippen LogP contribution in [0.25, 0.3) is 0 Å². The van der Waals surface area contributed by atoms with Gasteiger partial charge >= 0.3 is 0 Å². The van der Waals surface area contributed by atoms with Gasteiger partial charge in [-0.2, -0.15) is 0 Å². The van der Waals surface area contributed by atoms with Crippen molar-refractivity contribution in [2.24, 2.45) is 0 Å². The van der Waals surface area contributed by atoms with E-state index in [1.807, 2.05) is 6.92 Å². The molecule has 0 aliphatic rings. The predicted octanol–water partition coefficient (Wildman–Crippen LogP) is 0.852. The summed E-state index contributed by atoms with van der Waals surface area (Å²) in [6, 6.07) is 0. The Hall–Kier alpha value is -0.120. The van der Waals surface area contributed by atoms with Crippen LogP contribution in [0.3, 0.4) is 0 Å². The molecular formula is C10H23NO2. The molecule has 0 fully saturated rings. The Labute approximate surface area is 81.4 Å². The lowest BCUT2D eigenvalue weighted by Crippen LogP contribution is -2.23. The van der Waals surface area contributed by atoms with E-state index in [1.54, 1.807) is 0 Å². The van der Waals surface area contributed by atoms with E-state index in [0.29, 0.717) is 6.61 Å². The van der Waals surface area contributed by atoms with Gasteiger partial charge in [-0.15, -0.1) is 0 Å². The first-order valence-corrected chi connectivity index (χ1v) is 5.14. The maximum Gasteiger partial charge on any atom is 0.0524 e. The van der Waals surface area contributed by atoms with Gasteiger partial charge in [-0.3, -0.25) is 0 Å². The number of unbranched alkanes of at least 4 members (excludes halogenated alkanes) is 2. The summed E-state index contributed by atoms with van der Waals surface area (Å²) in [7, 11) is 2.07. The molecule has 1 unspecified atom stereocenters. The average Bonchev–Trinajstić information content (AvgIpc) is 2.09. The lowest BCUT2D eigenvalue weighted by atomic mass is 10.2. The monoisotopic (exact) mass is 189 g/mol. The van der Waals surface area contributed by atoms with Crippen molar-refractivity contribution in [1.82, 2.24) is 4.90 Å². The Kier molecular flexibility index (Phi) is 8.40. The van der Waals surface area contributed by atoms with Crippen molar-refractivity contribution < 1.29 is 10.2 Å². The minimum atomic E-state index is -0.195. The Bertz CT molecular complexity index is 107. The van der Waals surface area contributed by atoms with Crippen molar-refractivity contribution in [1.29, 1.82) is 0 Å². The van der Waals surface area contributed by atoms with Gasteiger partial charge in [-0.1, -0.05) is 0 Å². The fraction of sp³-hybridized carbons (Fsp3) is 1.00. The van der Waals surface area contributed by atoms with E-state index in [0.717, 1.165) is 38.8 Å². The minimum absolute atomic E-state index is 0.195. The highest BCUT2D eigenvalue weighted by Gasteiger charge is 2.00. The van der Waals surface area contributed by atoms with E-state index < -0.39 is 0 Å². The van der Waals surface area contributed by atoms with Gasteiger partial charge in [0.05, 0.1) is 6.10 Å². The lowest BCUT2D eigenvalue weighted by Gasteiger charge is -2.16. The van der Waals surface area contributed by atoms with Gasteiger partial charge in [0.25, 0.3) is 0 Å². The second-order valence-corrected chi connectivity index (χ2v) is 3.73. The van der Waals surface area contributed by atoms with E-state index in [4.69, 9.17) is 10.2 Å². The Morgan fingerprint density at radius 3 is 2.38 bits per heavy atom. The summed E-state index contributed by atoms with van der Waals surface area (Å²) in [4.78, 5) is 2.23. The normalized spacial score (nSPS) is 13.6. The zero-order valence-electron chi connectivity index (χ0n) is 8.87. The maximum absolute atomic E-state index is 9.05. The van der Waals surface area contributed by atoms with E-state index in [1.165, 1.54) is 0 Å². The van der Waals surface area contributed by atoms with Crippen LogP contribution in [0.5, 0.6) is 0 Å². The molecule has 0 spiro atoms. The minimum Gasteiger partial charge on any atom is -0.396 e. The number of aliphatic hydroxyl groups is 2. The number of hydrogen-bond donors (Lipinski definition) is 2. The third kappa shape index (κ3) is 9.80. The van der Waals surface area contributed by atoms with Crippen LogP contribution < -0.4 is 0 Å². The molecule has 0 aromatic carbocycles.